The van der Waals surface area contributed by atoms with Crippen LogP contribution in [0.1, 0.15) is 24.2 Å². The molecule has 3 rings (SSSR count). The van der Waals surface area contributed by atoms with Crippen LogP contribution in [0.4, 0.5) is 4.39 Å². The average Bonchev–Trinajstić information content (AvgIpc) is 2.50. The van der Waals surface area contributed by atoms with Gasteiger partial charge in [0.25, 0.3) is 5.91 Å². The zero-order valence-corrected chi connectivity index (χ0v) is 13.6. The number of rotatable bonds is 2. The third-order valence-corrected chi connectivity index (χ3v) is 4.29. The molecule has 2 aromatic carbocycles. The molecule has 3 nitrogen and oxygen atoms in total. The van der Waals surface area contributed by atoms with Crippen molar-refractivity contribution in [3.8, 4) is 0 Å². The zero-order valence-electron chi connectivity index (χ0n) is 12.0. The summed E-state index contributed by atoms with van der Waals surface area (Å²) >= 11 is 3.33. The first kappa shape index (κ1) is 15.2. The van der Waals surface area contributed by atoms with Crippen molar-refractivity contribution >= 4 is 21.8 Å². The van der Waals surface area contributed by atoms with Gasteiger partial charge in [0.2, 0.25) is 0 Å². The molecule has 1 amide bonds. The van der Waals surface area contributed by atoms with Gasteiger partial charge in [-0.15, -0.1) is 0 Å². The van der Waals surface area contributed by atoms with Gasteiger partial charge in [-0.1, -0.05) is 46.3 Å². The molecule has 0 bridgehead atoms. The summed E-state index contributed by atoms with van der Waals surface area (Å²) in [6.07, 6.45) is -0.663. The number of carbonyl (C=O) groups excluding carboxylic acids is 1. The van der Waals surface area contributed by atoms with Crippen LogP contribution in [0.5, 0.6) is 0 Å². The minimum absolute atomic E-state index is 0.200. The molecule has 5 heteroatoms. The van der Waals surface area contributed by atoms with Crippen molar-refractivity contribution < 1.29 is 13.9 Å². The summed E-state index contributed by atoms with van der Waals surface area (Å²) in [5, 5.41) is 2.90. The van der Waals surface area contributed by atoms with Gasteiger partial charge in [-0.25, -0.2) is 4.39 Å². The lowest BCUT2D eigenvalue weighted by atomic mass is 9.90. The van der Waals surface area contributed by atoms with Gasteiger partial charge in [0, 0.05) is 10.0 Å². The van der Waals surface area contributed by atoms with E-state index in [-0.39, 0.29) is 18.3 Å². The summed E-state index contributed by atoms with van der Waals surface area (Å²) in [6, 6.07) is 13.9. The molecule has 2 atom stereocenters. The van der Waals surface area contributed by atoms with Gasteiger partial charge in [0.05, 0.1) is 12.1 Å². The summed E-state index contributed by atoms with van der Waals surface area (Å²) in [4.78, 5) is 12.4. The number of benzene rings is 2. The summed E-state index contributed by atoms with van der Waals surface area (Å²) in [6.45, 7) is 1.96. The fraction of sp³-hybridized carbons (Fsp3) is 0.235. The number of hydrogen-bond donors (Lipinski definition) is 1. The average molecular weight is 364 g/mol. The van der Waals surface area contributed by atoms with Crippen molar-refractivity contribution in [1.82, 2.24) is 5.32 Å². The van der Waals surface area contributed by atoms with E-state index in [1.807, 2.05) is 30.3 Å². The van der Waals surface area contributed by atoms with E-state index in [1.165, 1.54) is 6.07 Å². The number of ether oxygens (including phenoxy) is 1. The van der Waals surface area contributed by atoms with Crippen molar-refractivity contribution in [2.75, 3.05) is 6.61 Å². The van der Waals surface area contributed by atoms with Crippen LogP contribution in [0.15, 0.2) is 53.0 Å². The van der Waals surface area contributed by atoms with E-state index in [0.717, 1.165) is 10.0 Å². The van der Waals surface area contributed by atoms with Gasteiger partial charge >= 0.3 is 0 Å². The van der Waals surface area contributed by atoms with Gasteiger partial charge in [0.1, 0.15) is 5.82 Å². The van der Waals surface area contributed by atoms with Crippen molar-refractivity contribution in [2.45, 2.75) is 18.6 Å². The summed E-state index contributed by atoms with van der Waals surface area (Å²) in [5.74, 6) is -0.632. The Morgan fingerprint density at radius 3 is 2.68 bits per heavy atom. The van der Waals surface area contributed by atoms with Crippen LogP contribution in [-0.4, -0.2) is 12.5 Å². The van der Waals surface area contributed by atoms with E-state index in [0.29, 0.717) is 5.56 Å². The Hall–Kier alpha value is -1.72. The van der Waals surface area contributed by atoms with Gasteiger partial charge < -0.3 is 10.1 Å². The molecule has 1 aliphatic heterocycles. The summed E-state index contributed by atoms with van der Waals surface area (Å²) in [5.41, 5.74) is 0.300. The summed E-state index contributed by atoms with van der Waals surface area (Å²) in [7, 11) is 0. The quantitative estimate of drug-likeness (QED) is 0.883. The Morgan fingerprint density at radius 2 is 2.00 bits per heavy atom. The lowest BCUT2D eigenvalue weighted by Crippen LogP contribution is -2.54. The van der Waals surface area contributed by atoms with Gasteiger partial charge in [-0.2, -0.15) is 0 Å². The molecular weight excluding hydrogens is 349 g/mol. The number of carbonyl (C=O) groups is 1. The van der Waals surface area contributed by atoms with Gasteiger partial charge in [-0.05, 0) is 30.7 Å². The third kappa shape index (κ3) is 2.78. The molecule has 114 valence electrons. The molecule has 1 aliphatic rings. The van der Waals surface area contributed by atoms with Crippen LogP contribution in [0.25, 0.3) is 0 Å². The Bertz CT molecular complexity index is 707. The molecule has 1 fully saturated rings. The monoisotopic (exact) mass is 363 g/mol. The Kier molecular flexibility index (Phi) is 4.02. The highest BCUT2D eigenvalue weighted by Gasteiger charge is 2.40. The Balaban J connectivity index is 1.88. The second-order valence-corrected chi connectivity index (χ2v) is 6.46. The van der Waals surface area contributed by atoms with Gasteiger partial charge in [0.15, 0.2) is 6.10 Å². The molecular formula is C17H15BrFNO2. The molecule has 1 heterocycles. The Labute approximate surface area is 136 Å². The molecule has 1 unspecified atom stereocenters. The highest BCUT2D eigenvalue weighted by atomic mass is 79.9. The van der Waals surface area contributed by atoms with E-state index >= 15 is 0 Å². The number of morpholine rings is 1. The van der Waals surface area contributed by atoms with E-state index in [1.54, 1.807) is 19.1 Å². The molecule has 1 N–H and O–H groups in total. The second-order valence-electron chi connectivity index (χ2n) is 5.55. The number of nitrogens with one attached hydrogen (secondary N) is 1. The highest BCUT2D eigenvalue weighted by molar-refractivity contribution is 9.10. The molecule has 2 aromatic rings. The summed E-state index contributed by atoms with van der Waals surface area (Å²) < 4.78 is 20.6. The van der Waals surface area contributed by atoms with Crippen LogP contribution in [0, 0.1) is 5.82 Å². The molecule has 0 aromatic heterocycles. The first-order valence-electron chi connectivity index (χ1n) is 6.94. The lowest BCUT2D eigenvalue weighted by Gasteiger charge is -2.38. The predicted octanol–water partition coefficient (Wildman–Crippen LogP) is 3.69. The van der Waals surface area contributed by atoms with Crippen molar-refractivity contribution in [1.29, 1.82) is 0 Å². The SMILES string of the molecule is C[C@@]1(c2cc(Br)ccc2F)COC(c2ccccc2)C(=O)N1. The smallest absolute Gasteiger partial charge is 0.254 e. The number of halogens is 2. The maximum Gasteiger partial charge on any atom is 0.254 e. The van der Waals surface area contributed by atoms with E-state index in [2.05, 4.69) is 21.2 Å². The number of hydrogen-bond acceptors (Lipinski definition) is 2. The zero-order chi connectivity index (χ0) is 15.7. The molecule has 1 saturated heterocycles. The Morgan fingerprint density at radius 1 is 1.27 bits per heavy atom. The van der Waals surface area contributed by atoms with E-state index in [4.69, 9.17) is 4.74 Å². The van der Waals surface area contributed by atoms with E-state index < -0.39 is 11.6 Å². The fourth-order valence-electron chi connectivity index (χ4n) is 2.64. The maximum atomic E-state index is 14.1. The van der Waals surface area contributed by atoms with Crippen LogP contribution >= 0.6 is 15.9 Å². The number of amides is 1. The third-order valence-electron chi connectivity index (χ3n) is 3.80. The molecule has 22 heavy (non-hydrogen) atoms. The molecule has 0 saturated carbocycles. The van der Waals surface area contributed by atoms with E-state index in [9.17, 15) is 9.18 Å². The minimum atomic E-state index is -0.893. The standard InChI is InChI=1S/C17H15BrFNO2/c1-17(13-9-12(18)7-8-14(13)19)10-22-15(16(21)20-17)11-5-3-2-4-6-11/h2-9,15H,10H2,1H3,(H,20,21)/t15?,17-/m0/s1. The minimum Gasteiger partial charge on any atom is -0.361 e. The largest absolute Gasteiger partial charge is 0.361 e. The van der Waals surface area contributed by atoms with Crippen molar-refractivity contribution in [2.24, 2.45) is 0 Å². The fourth-order valence-corrected chi connectivity index (χ4v) is 3.00. The maximum absolute atomic E-state index is 14.1. The van der Waals surface area contributed by atoms with Crippen LogP contribution in [0.3, 0.4) is 0 Å². The first-order valence-corrected chi connectivity index (χ1v) is 7.73. The second kappa shape index (κ2) is 5.82. The normalized spacial score (nSPS) is 24.9. The van der Waals surface area contributed by atoms with Gasteiger partial charge in [-0.3, -0.25) is 4.79 Å². The van der Waals surface area contributed by atoms with Crippen molar-refractivity contribution in [3.63, 3.8) is 0 Å². The highest BCUT2D eigenvalue weighted by Crippen LogP contribution is 2.33. The van der Waals surface area contributed by atoms with Crippen molar-refractivity contribution in [3.05, 3.63) is 69.9 Å². The molecule has 0 radical (unpaired) electrons. The topological polar surface area (TPSA) is 38.3 Å². The van der Waals surface area contributed by atoms with Crippen LogP contribution in [0.2, 0.25) is 0 Å². The lowest BCUT2D eigenvalue weighted by molar-refractivity contribution is -0.146. The van der Waals surface area contributed by atoms with Crippen LogP contribution in [-0.2, 0) is 15.1 Å². The molecule has 0 aliphatic carbocycles. The first-order chi connectivity index (χ1) is 10.5. The van der Waals surface area contributed by atoms with Crippen LogP contribution < -0.4 is 5.32 Å². The molecule has 0 spiro atoms. The predicted molar refractivity (Wildman–Crippen MR) is 84.7 cm³/mol.